The van der Waals surface area contributed by atoms with E-state index in [2.05, 4.69) is 10.5 Å². The SMILES string of the molecule is O=C(NN=C1CCCC1)[C@@H]1COc2ccccc2O1. The molecule has 1 aliphatic carbocycles. The molecule has 1 saturated carbocycles. The van der Waals surface area contributed by atoms with Crippen molar-refractivity contribution in [1.29, 1.82) is 0 Å². The summed E-state index contributed by atoms with van der Waals surface area (Å²) >= 11 is 0. The Kier molecular flexibility index (Phi) is 3.35. The number of carbonyl (C=O) groups excluding carboxylic acids is 1. The van der Waals surface area contributed by atoms with Gasteiger partial charge in [-0.05, 0) is 37.8 Å². The van der Waals surface area contributed by atoms with E-state index >= 15 is 0 Å². The Morgan fingerprint density at radius 1 is 1.21 bits per heavy atom. The number of hydrogen-bond acceptors (Lipinski definition) is 4. The van der Waals surface area contributed by atoms with E-state index in [-0.39, 0.29) is 12.5 Å². The van der Waals surface area contributed by atoms with E-state index in [1.54, 1.807) is 6.07 Å². The predicted molar refractivity (Wildman–Crippen MR) is 70.4 cm³/mol. The number of carbonyl (C=O) groups is 1. The van der Waals surface area contributed by atoms with Crippen LogP contribution in [-0.2, 0) is 4.79 Å². The molecule has 1 heterocycles. The number of nitrogens with one attached hydrogen (secondary N) is 1. The van der Waals surface area contributed by atoms with Gasteiger partial charge >= 0.3 is 0 Å². The lowest BCUT2D eigenvalue weighted by Gasteiger charge is -2.24. The third-order valence-electron chi connectivity index (χ3n) is 3.31. The Morgan fingerprint density at radius 2 is 1.95 bits per heavy atom. The first-order chi connectivity index (χ1) is 9.33. The number of fused-ring (bicyclic) bond motifs is 1. The molecule has 19 heavy (non-hydrogen) atoms. The van der Waals surface area contributed by atoms with Crippen molar-refractivity contribution in [2.45, 2.75) is 31.8 Å². The summed E-state index contributed by atoms with van der Waals surface area (Å²) in [7, 11) is 0. The number of hydrogen-bond donors (Lipinski definition) is 1. The second kappa shape index (κ2) is 5.30. The topological polar surface area (TPSA) is 59.9 Å². The third-order valence-corrected chi connectivity index (χ3v) is 3.31. The van der Waals surface area contributed by atoms with Gasteiger partial charge in [0.1, 0.15) is 6.61 Å². The molecule has 1 aromatic carbocycles. The van der Waals surface area contributed by atoms with Gasteiger partial charge in [-0.25, -0.2) is 5.43 Å². The quantitative estimate of drug-likeness (QED) is 0.826. The smallest absolute Gasteiger partial charge is 0.284 e. The number of benzene rings is 1. The van der Waals surface area contributed by atoms with E-state index in [9.17, 15) is 4.79 Å². The number of nitrogens with zero attached hydrogens (tertiary/aromatic N) is 1. The molecule has 0 saturated heterocycles. The Bertz CT molecular complexity index is 505. The molecule has 5 nitrogen and oxygen atoms in total. The van der Waals surface area contributed by atoms with E-state index in [1.165, 1.54) is 0 Å². The molecule has 1 atom stereocenters. The maximum atomic E-state index is 11.9. The van der Waals surface area contributed by atoms with Gasteiger partial charge in [0.15, 0.2) is 11.5 Å². The lowest BCUT2D eigenvalue weighted by molar-refractivity contribution is -0.130. The summed E-state index contributed by atoms with van der Waals surface area (Å²) in [4.78, 5) is 11.9. The fourth-order valence-electron chi connectivity index (χ4n) is 2.25. The van der Waals surface area contributed by atoms with Crippen molar-refractivity contribution >= 4 is 11.6 Å². The molecule has 2 aliphatic rings. The van der Waals surface area contributed by atoms with Gasteiger partial charge < -0.3 is 9.47 Å². The summed E-state index contributed by atoms with van der Waals surface area (Å²) in [5.41, 5.74) is 3.63. The van der Waals surface area contributed by atoms with Gasteiger partial charge in [-0.1, -0.05) is 12.1 Å². The maximum absolute atomic E-state index is 11.9. The predicted octanol–water partition coefficient (Wildman–Crippen LogP) is 1.87. The molecule has 0 unspecified atom stereocenters. The van der Waals surface area contributed by atoms with Crippen LogP contribution >= 0.6 is 0 Å². The van der Waals surface area contributed by atoms with Crippen LogP contribution in [0.4, 0.5) is 0 Å². The Hall–Kier alpha value is -2.04. The minimum atomic E-state index is -0.638. The van der Waals surface area contributed by atoms with Crippen molar-refractivity contribution in [3.63, 3.8) is 0 Å². The minimum Gasteiger partial charge on any atom is -0.485 e. The molecule has 1 fully saturated rings. The summed E-state index contributed by atoms with van der Waals surface area (Å²) in [6, 6.07) is 7.33. The molecule has 1 amide bonds. The van der Waals surface area contributed by atoms with Crippen LogP contribution in [-0.4, -0.2) is 24.3 Å². The summed E-state index contributed by atoms with van der Waals surface area (Å²) in [5, 5.41) is 4.14. The Morgan fingerprint density at radius 3 is 2.74 bits per heavy atom. The first-order valence-corrected chi connectivity index (χ1v) is 6.57. The van der Waals surface area contributed by atoms with Crippen molar-refractivity contribution in [3.05, 3.63) is 24.3 Å². The standard InChI is InChI=1S/C14H16N2O3/c17-14(16-15-10-5-1-2-6-10)13-9-18-11-7-3-4-8-12(11)19-13/h3-4,7-8,13H,1-2,5-6,9H2,(H,16,17)/t13-/m0/s1. The summed E-state index contributed by atoms with van der Waals surface area (Å²) < 4.78 is 11.1. The fourth-order valence-corrected chi connectivity index (χ4v) is 2.25. The normalized spacial score (nSPS) is 21.1. The van der Waals surface area contributed by atoms with E-state index in [1.807, 2.05) is 18.2 Å². The summed E-state index contributed by atoms with van der Waals surface area (Å²) in [6.07, 6.45) is 3.63. The van der Waals surface area contributed by atoms with Gasteiger partial charge in [0, 0.05) is 5.71 Å². The largest absolute Gasteiger partial charge is 0.485 e. The van der Waals surface area contributed by atoms with Crippen LogP contribution in [0.3, 0.4) is 0 Å². The first-order valence-electron chi connectivity index (χ1n) is 6.57. The van der Waals surface area contributed by atoms with Gasteiger partial charge in [-0.3, -0.25) is 4.79 Å². The molecule has 100 valence electrons. The number of amides is 1. The zero-order valence-corrected chi connectivity index (χ0v) is 10.6. The van der Waals surface area contributed by atoms with Crippen LogP contribution < -0.4 is 14.9 Å². The van der Waals surface area contributed by atoms with Crippen molar-refractivity contribution in [2.75, 3.05) is 6.61 Å². The van der Waals surface area contributed by atoms with Gasteiger partial charge in [-0.15, -0.1) is 0 Å². The number of rotatable bonds is 2. The molecule has 0 radical (unpaired) electrons. The molecule has 0 spiro atoms. The third kappa shape index (κ3) is 2.70. The molecular weight excluding hydrogens is 244 g/mol. The lowest BCUT2D eigenvalue weighted by atomic mass is 10.2. The summed E-state index contributed by atoms with van der Waals surface area (Å²) in [6.45, 7) is 0.216. The maximum Gasteiger partial charge on any atom is 0.284 e. The minimum absolute atomic E-state index is 0.216. The molecule has 0 bridgehead atoms. The highest BCUT2D eigenvalue weighted by molar-refractivity contribution is 5.88. The second-order valence-corrected chi connectivity index (χ2v) is 4.73. The molecule has 0 aromatic heterocycles. The van der Waals surface area contributed by atoms with Crippen LogP contribution in [0, 0.1) is 0 Å². The van der Waals surface area contributed by atoms with Gasteiger partial charge in [0.05, 0.1) is 0 Å². The Balaban J connectivity index is 1.61. The van der Waals surface area contributed by atoms with Crippen LogP contribution in [0.5, 0.6) is 11.5 Å². The van der Waals surface area contributed by atoms with E-state index < -0.39 is 6.10 Å². The van der Waals surface area contributed by atoms with Crippen molar-refractivity contribution in [1.82, 2.24) is 5.43 Å². The highest BCUT2D eigenvalue weighted by Crippen LogP contribution is 2.30. The van der Waals surface area contributed by atoms with Crippen molar-refractivity contribution in [3.8, 4) is 11.5 Å². The Labute approximate surface area is 111 Å². The molecule has 1 aromatic rings. The van der Waals surface area contributed by atoms with Crippen molar-refractivity contribution in [2.24, 2.45) is 5.10 Å². The average molecular weight is 260 g/mol. The molecule has 1 N–H and O–H groups in total. The van der Waals surface area contributed by atoms with Crippen LogP contribution in [0.1, 0.15) is 25.7 Å². The zero-order chi connectivity index (χ0) is 13.1. The number of para-hydroxylation sites is 2. The van der Waals surface area contributed by atoms with Gasteiger partial charge in [0.2, 0.25) is 6.10 Å². The van der Waals surface area contributed by atoms with E-state index in [4.69, 9.17) is 9.47 Å². The number of ether oxygens (including phenoxy) is 2. The molecule has 1 aliphatic heterocycles. The van der Waals surface area contributed by atoms with E-state index in [0.717, 1.165) is 31.4 Å². The van der Waals surface area contributed by atoms with Gasteiger partial charge in [-0.2, -0.15) is 5.10 Å². The lowest BCUT2D eigenvalue weighted by Crippen LogP contribution is -2.42. The monoisotopic (exact) mass is 260 g/mol. The summed E-state index contributed by atoms with van der Waals surface area (Å²) in [5.74, 6) is 1.02. The first kappa shape index (κ1) is 12.0. The highest BCUT2D eigenvalue weighted by Gasteiger charge is 2.27. The van der Waals surface area contributed by atoms with Crippen LogP contribution in [0.25, 0.3) is 0 Å². The van der Waals surface area contributed by atoms with Gasteiger partial charge in [0.25, 0.3) is 5.91 Å². The van der Waals surface area contributed by atoms with Crippen molar-refractivity contribution < 1.29 is 14.3 Å². The fraction of sp³-hybridized carbons (Fsp3) is 0.429. The molecular formula is C14H16N2O3. The number of hydrazone groups is 1. The van der Waals surface area contributed by atoms with E-state index in [0.29, 0.717) is 11.5 Å². The zero-order valence-electron chi connectivity index (χ0n) is 10.6. The van der Waals surface area contributed by atoms with Crippen LogP contribution in [0.15, 0.2) is 29.4 Å². The average Bonchev–Trinajstić information content (AvgIpc) is 2.97. The molecule has 3 rings (SSSR count). The van der Waals surface area contributed by atoms with Crippen LogP contribution in [0.2, 0.25) is 0 Å². The highest BCUT2D eigenvalue weighted by atomic mass is 16.6. The molecule has 5 heteroatoms. The second-order valence-electron chi connectivity index (χ2n) is 4.73.